The van der Waals surface area contributed by atoms with E-state index in [4.69, 9.17) is 4.74 Å². The number of carbonyl (C=O) groups excluding carboxylic acids is 2. The zero-order chi connectivity index (χ0) is 48.6. The zero-order valence-corrected chi connectivity index (χ0v) is 45.1. The van der Waals surface area contributed by atoms with Gasteiger partial charge in [0.05, 0.1) is 25.4 Å². The third-order valence-electron chi connectivity index (χ3n) is 14.0. The van der Waals surface area contributed by atoms with E-state index in [2.05, 4.69) is 43.5 Å². The molecule has 6 nitrogen and oxygen atoms in total. The van der Waals surface area contributed by atoms with E-state index in [9.17, 15) is 19.8 Å². The van der Waals surface area contributed by atoms with E-state index in [0.29, 0.717) is 25.9 Å². The lowest BCUT2D eigenvalue weighted by atomic mass is 10.0. The maximum atomic E-state index is 12.4. The van der Waals surface area contributed by atoms with Crippen LogP contribution < -0.4 is 5.32 Å². The maximum Gasteiger partial charge on any atom is 0.305 e. The molecule has 0 heterocycles. The molecule has 67 heavy (non-hydrogen) atoms. The number of unbranched alkanes of at least 4 members (excludes halogenated alkanes) is 41. The molecule has 0 saturated heterocycles. The fourth-order valence-electron chi connectivity index (χ4n) is 9.39. The first-order valence-corrected chi connectivity index (χ1v) is 30.1. The van der Waals surface area contributed by atoms with Gasteiger partial charge in [-0.05, 0) is 51.4 Å². The van der Waals surface area contributed by atoms with Crippen LogP contribution in [-0.4, -0.2) is 47.4 Å². The highest BCUT2D eigenvalue weighted by Crippen LogP contribution is 2.18. The summed E-state index contributed by atoms with van der Waals surface area (Å²) in [5.41, 5.74) is 0. The Morgan fingerprint density at radius 3 is 1.19 bits per heavy atom. The Morgan fingerprint density at radius 1 is 0.418 bits per heavy atom. The summed E-state index contributed by atoms with van der Waals surface area (Å²) in [4.78, 5) is 24.4. The van der Waals surface area contributed by atoms with E-state index in [1.165, 1.54) is 244 Å². The lowest BCUT2D eigenvalue weighted by molar-refractivity contribution is -0.143. The monoisotopic (exact) mass is 944 g/mol. The van der Waals surface area contributed by atoms with Gasteiger partial charge in [-0.1, -0.05) is 289 Å². The van der Waals surface area contributed by atoms with Crippen molar-refractivity contribution in [1.29, 1.82) is 0 Å². The Kier molecular flexibility index (Phi) is 55.5. The molecule has 0 aromatic rings. The second-order valence-electron chi connectivity index (χ2n) is 20.7. The van der Waals surface area contributed by atoms with Crippen LogP contribution in [0.4, 0.5) is 0 Å². The van der Waals surface area contributed by atoms with Crippen molar-refractivity contribution < 1.29 is 24.5 Å². The van der Waals surface area contributed by atoms with Crippen LogP contribution in [0.1, 0.15) is 328 Å². The molecular weight excluding hydrogens is 827 g/mol. The van der Waals surface area contributed by atoms with Crippen LogP contribution in [0, 0.1) is 0 Å². The average molecular weight is 945 g/mol. The van der Waals surface area contributed by atoms with E-state index >= 15 is 0 Å². The van der Waals surface area contributed by atoms with Gasteiger partial charge < -0.3 is 20.3 Å². The van der Waals surface area contributed by atoms with Crippen molar-refractivity contribution >= 4 is 11.9 Å². The summed E-state index contributed by atoms with van der Waals surface area (Å²) in [7, 11) is 0. The third kappa shape index (κ3) is 53.5. The Bertz CT molecular complexity index is 1040. The van der Waals surface area contributed by atoms with Gasteiger partial charge in [-0.2, -0.15) is 0 Å². The second kappa shape index (κ2) is 56.9. The average Bonchev–Trinajstić information content (AvgIpc) is 3.33. The quantitative estimate of drug-likeness (QED) is 0.0321. The molecule has 0 aromatic carbocycles. The van der Waals surface area contributed by atoms with E-state index < -0.39 is 12.1 Å². The van der Waals surface area contributed by atoms with Crippen LogP contribution in [0.25, 0.3) is 0 Å². The SMILES string of the molecule is CCC/C=C\C/C=C\CCCCCCCC(=O)OCCCCCCCCCCCCCCCCCCCCCCCCCCCCCCC(=O)NC(CO)C(O)CCCCCCCCCCC. The lowest BCUT2D eigenvalue weighted by Gasteiger charge is -2.22. The normalized spacial score (nSPS) is 12.7. The summed E-state index contributed by atoms with van der Waals surface area (Å²) < 4.78 is 5.47. The summed E-state index contributed by atoms with van der Waals surface area (Å²) in [5, 5.41) is 23.1. The first-order valence-electron chi connectivity index (χ1n) is 30.1. The predicted octanol–water partition coefficient (Wildman–Crippen LogP) is 18.6. The molecule has 0 aliphatic carbocycles. The number of ether oxygens (including phenoxy) is 1. The molecule has 0 aliphatic heterocycles. The van der Waals surface area contributed by atoms with Crippen molar-refractivity contribution in [3.05, 3.63) is 24.3 Å². The molecule has 1 amide bonds. The second-order valence-corrected chi connectivity index (χ2v) is 20.7. The molecule has 2 atom stereocenters. The zero-order valence-electron chi connectivity index (χ0n) is 45.1. The summed E-state index contributed by atoms with van der Waals surface area (Å²) in [5.74, 6) is -0.0301. The highest BCUT2D eigenvalue weighted by molar-refractivity contribution is 5.76. The smallest absolute Gasteiger partial charge is 0.305 e. The topological polar surface area (TPSA) is 95.9 Å². The van der Waals surface area contributed by atoms with Crippen molar-refractivity contribution in [2.24, 2.45) is 0 Å². The molecule has 0 rings (SSSR count). The molecule has 0 aromatic heterocycles. The fourth-order valence-corrected chi connectivity index (χ4v) is 9.39. The van der Waals surface area contributed by atoms with E-state index in [1.54, 1.807) is 0 Å². The van der Waals surface area contributed by atoms with Gasteiger partial charge in [0.2, 0.25) is 5.91 Å². The molecule has 2 unspecified atom stereocenters. The van der Waals surface area contributed by atoms with Gasteiger partial charge in [0, 0.05) is 12.8 Å². The molecule has 0 bridgehead atoms. The number of amides is 1. The van der Waals surface area contributed by atoms with Crippen molar-refractivity contribution in [3.63, 3.8) is 0 Å². The van der Waals surface area contributed by atoms with Gasteiger partial charge in [-0.15, -0.1) is 0 Å². The van der Waals surface area contributed by atoms with Crippen LogP contribution in [0.15, 0.2) is 24.3 Å². The molecule has 396 valence electrons. The Hall–Kier alpha value is -1.66. The van der Waals surface area contributed by atoms with Crippen LogP contribution in [0.5, 0.6) is 0 Å². The number of hydrogen-bond donors (Lipinski definition) is 3. The lowest BCUT2D eigenvalue weighted by Crippen LogP contribution is -2.45. The highest BCUT2D eigenvalue weighted by Gasteiger charge is 2.20. The van der Waals surface area contributed by atoms with Crippen LogP contribution in [0.3, 0.4) is 0 Å². The minimum Gasteiger partial charge on any atom is -0.466 e. The number of esters is 1. The van der Waals surface area contributed by atoms with Crippen LogP contribution in [0.2, 0.25) is 0 Å². The van der Waals surface area contributed by atoms with Gasteiger partial charge in [-0.25, -0.2) is 0 Å². The van der Waals surface area contributed by atoms with Gasteiger partial charge >= 0.3 is 5.97 Å². The number of nitrogens with one attached hydrogen (secondary N) is 1. The van der Waals surface area contributed by atoms with Gasteiger partial charge in [0.25, 0.3) is 0 Å². The molecule has 0 fully saturated rings. The first-order chi connectivity index (χ1) is 33.0. The fraction of sp³-hybridized carbons (Fsp3) is 0.902. The molecule has 3 N–H and O–H groups in total. The minimum absolute atomic E-state index is 0.00335. The molecule has 0 aliphatic rings. The van der Waals surface area contributed by atoms with Crippen molar-refractivity contribution in [1.82, 2.24) is 5.32 Å². The first kappa shape index (κ1) is 65.3. The molecule has 0 saturated carbocycles. The summed E-state index contributed by atoms with van der Waals surface area (Å²) in [6.45, 7) is 4.88. The Labute approximate surface area is 418 Å². The van der Waals surface area contributed by atoms with E-state index in [1.807, 2.05) is 0 Å². The summed E-state index contributed by atoms with van der Waals surface area (Å²) in [6.07, 6.45) is 69.2. The van der Waals surface area contributed by atoms with E-state index in [-0.39, 0.29) is 18.5 Å². The van der Waals surface area contributed by atoms with Crippen molar-refractivity contribution in [2.45, 2.75) is 341 Å². The maximum absolute atomic E-state index is 12.4. The molecule has 6 heteroatoms. The highest BCUT2D eigenvalue weighted by atomic mass is 16.5. The Balaban J connectivity index is 3.31. The van der Waals surface area contributed by atoms with Crippen molar-refractivity contribution in [2.75, 3.05) is 13.2 Å². The number of hydrogen-bond acceptors (Lipinski definition) is 5. The number of carbonyl (C=O) groups is 2. The van der Waals surface area contributed by atoms with Crippen LogP contribution >= 0.6 is 0 Å². The molecule has 0 radical (unpaired) electrons. The molecule has 0 spiro atoms. The van der Waals surface area contributed by atoms with Crippen molar-refractivity contribution in [3.8, 4) is 0 Å². The number of aliphatic hydroxyl groups excluding tert-OH is 2. The standard InChI is InChI=1S/C61H117NO5/c1-3-5-7-9-11-13-14-31-35-39-43-47-51-55-61(66)67-56-52-48-44-40-36-33-30-28-26-24-22-20-18-16-15-17-19-21-23-25-27-29-32-34-38-42-46-50-54-60(65)62-58(57-63)59(64)53-49-45-41-37-12-10-8-6-4-2/h7,9,13-14,58-59,63-64H,3-6,8,10-12,15-57H2,1-2H3,(H,62,65)/b9-7-,14-13-. The number of rotatable bonds is 56. The summed E-state index contributed by atoms with van der Waals surface area (Å²) >= 11 is 0. The largest absolute Gasteiger partial charge is 0.466 e. The third-order valence-corrected chi connectivity index (χ3v) is 14.0. The summed E-state index contributed by atoms with van der Waals surface area (Å²) in [6, 6.07) is -0.536. The van der Waals surface area contributed by atoms with Gasteiger partial charge in [-0.3, -0.25) is 9.59 Å². The Morgan fingerprint density at radius 2 is 0.776 bits per heavy atom. The van der Waals surface area contributed by atoms with E-state index in [0.717, 1.165) is 51.4 Å². The van der Waals surface area contributed by atoms with Gasteiger partial charge in [0.1, 0.15) is 0 Å². The van der Waals surface area contributed by atoms with Crippen LogP contribution in [-0.2, 0) is 14.3 Å². The predicted molar refractivity (Wildman–Crippen MR) is 292 cm³/mol. The van der Waals surface area contributed by atoms with Gasteiger partial charge in [0.15, 0.2) is 0 Å². The molecular formula is C61H117NO5. The number of aliphatic hydroxyl groups is 2. The minimum atomic E-state index is -0.659. The number of allylic oxidation sites excluding steroid dienone is 4.